The maximum Gasteiger partial charge on any atom is 0.262 e. The van der Waals surface area contributed by atoms with Gasteiger partial charge >= 0.3 is 0 Å². The monoisotopic (exact) mass is 333 g/mol. The third kappa shape index (κ3) is 3.17. The lowest BCUT2D eigenvalue weighted by Gasteiger charge is -2.17. The maximum atomic E-state index is 12.8. The van der Waals surface area contributed by atoms with Gasteiger partial charge in [-0.15, -0.1) is 11.3 Å². The Morgan fingerprint density at radius 2 is 2.35 bits per heavy atom. The highest BCUT2D eigenvalue weighted by Gasteiger charge is 2.23. The van der Waals surface area contributed by atoms with Gasteiger partial charge in [-0.3, -0.25) is 14.2 Å². The Bertz CT molecular complexity index is 793. The minimum absolute atomic E-state index is 0.0349. The first-order valence-electron chi connectivity index (χ1n) is 8.28. The van der Waals surface area contributed by atoms with Crippen molar-refractivity contribution >= 4 is 27.5 Å². The van der Waals surface area contributed by atoms with E-state index in [9.17, 15) is 9.59 Å². The summed E-state index contributed by atoms with van der Waals surface area (Å²) in [5.74, 6) is 0.527. The second-order valence-corrected chi connectivity index (χ2v) is 7.67. The normalized spacial score (nSPS) is 18.7. The molecule has 1 aliphatic carbocycles. The molecule has 3 rings (SSSR count). The van der Waals surface area contributed by atoms with E-state index in [0.29, 0.717) is 5.92 Å². The minimum Gasteiger partial charge on any atom is -0.352 e. The molecule has 1 aliphatic rings. The van der Waals surface area contributed by atoms with Crippen molar-refractivity contribution in [2.45, 2.75) is 59.0 Å². The number of aryl methyl sites for hydroxylation is 1. The molecule has 1 N–H and O–H groups in total. The molecular weight excluding hydrogens is 310 g/mol. The van der Waals surface area contributed by atoms with Crippen LogP contribution in [0.3, 0.4) is 0 Å². The SMILES string of the molecule is CC[C@@H](C)NC(=O)Cn1cnc2sc3c(c2c1=O)CC[C@H](C)C3. The van der Waals surface area contributed by atoms with Crippen LogP contribution in [-0.2, 0) is 24.2 Å². The van der Waals surface area contributed by atoms with Crippen LogP contribution in [0.5, 0.6) is 0 Å². The Morgan fingerprint density at radius 3 is 3.09 bits per heavy atom. The third-order valence-electron chi connectivity index (χ3n) is 4.62. The van der Waals surface area contributed by atoms with Crippen molar-refractivity contribution in [1.82, 2.24) is 14.9 Å². The molecule has 0 aromatic carbocycles. The molecule has 124 valence electrons. The zero-order valence-electron chi connectivity index (χ0n) is 13.9. The molecular formula is C17H23N3O2S. The summed E-state index contributed by atoms with van der Waals surface area (Å²) in [5, 5.41) is 3.62. The Morgan fingerprint density at radius 1 is 1.57 bits per heavy atom. The molecule has 0 bridgehead atoms. The summed E-state index contributed by atoms with van der Waals surface area (Å²) in [6.45, 7) is 6.26. The highest BCUT2D eigenvalue weighted by atomic mass is 32.1. The second kappa shape index (κ2) is 6.43. The number of hydrogen-bond donors (Lipinski definition) is 1. The molecule has 1 amide bonds. The van der Waals surface area contributed by atoms with Crippen LogP contribution in [-0.4, -0.2) is 21.5 Å². The average molecular weight is 333 g/mol. The summed E-state index contributed by atoms with van der Waals surface area (Å²) < 4.78 is 1.44. The molecule has 2 aromatic heterocycles. The predicted molar refractivity (Wildman–Crippen MR) is 93.0 cm³/mol. The van der Waals surface area contributed by atoms with E-state index in [4.69, 9.17) is 0 Å². The molecule has 5 nitrogen and oxygen atoms in total. The van der Waals surface area contributed by atoms with Gasteiger partial charge < -0.3 is 5.32 Å². The van der Waals surface area contributed by atoms with Gasteiger partial charge in [-0.25, -0.2) is 4.98 Å². The predicted octanol–water partition coefficient (Wildman–Crippen LogP) is 2.50. The van der Waals surface area contributed by atoms with Crippen molar-refractivity contribution in [2.75, 3.05) is 0 Å². The number of aromatic nitrogens is 2. The summed E-state index contributed by atoms with van der Waals surface area (Å²) in [4.78, 5) is 31.4. The van der Waals surface area contributed by atoms with Crippen LogP contribution in [0.2, 0.25) is 0 Å². The fourth-order valence-electron chi connectivity index (χ4n) is 3.06. The fourth-order valence-corrected chi connectivity index (χ4v) is 4.40. The van der Waals surface area contributed by atoms with Gasteiger partial charge in [-0.2, -0.15) is 0 Å². The summed E-state index contributed by atoms with van der Waals surface area (Å²) in [5.41, 5.74) is 1.08. The summed E-state index contributed by atoms with van der Waals surface area (Å²) in [6.07, 6.45) is 5.46. The third-order valence-corrected chi connectivity index (χ3v) is 5.78. The van der Waals surface area contributed by atoms with Gasteiger partial charge in [0.2, 0.25) is 5.91 Å². The second-order valence-electron chi connectivity index (χ2n) is 6.59. The number of amides is 1. The number of carbonyl (C=O) groups is 1. The van der Waals surface area contributed by atoms with Gasteiger partial charge in [0.1, 0.15) is 11.4 Å². The van der Waals surface area contributed by atoms with Crippen LogP contribution < -0.4 is 10.9 Å². The van der Waals surface area contributed by atoms with Crippen LogP contribution >= 0.6 is 11.3 Å². The van der Waals surface area contributed by atoms with E-state index in [0.717, 1.165) is 41.5 Å². The average Bonchev–Trinajstić information content (AvgIpc) is 2.88. The van der Waals surface area contributed by atoms with E-state index in [1.165, 1.54) is 15.8 Å². The molecule has 0 spiro atoms. The highest BCUT2D eigenvalue weighted by molar-refractivity contribution is 7.18. The number of nitrogens with one attached hydrogen (secondary N) is 1. The molecule has 0 unspecified atom stereocenters. The summed E-state index contributed by atoms with van der Waals surface area (Å²) >= 11 is 1.63. The summed E-state index contributed by atoms with van der Waals surface area (Å²) in [7, 11) is 0. The largest absolute Gasteiger partial charge is 0.352 e. The zero-order valence-corrected chi connectivity index (χ0v) is 14.7. The molecule has 0 saturated carbocycles. The molecule has 2 heterocycles. The molecule has 0 radical (unpaired) electrons. The lowest BCUT2D eigenvalue weighted by atomic mass is 9.89. The Kier molecular flexibility index (Phi) is 4.53. The Hall–Kier alpha value is -1.69. The van der Waals surface area contributed by atoms with Gasteiger partial charge in [-0.1, -0.05) is 13.8 Å². The first-order chi connectivity index (χ1) is 11.0. The molecule has 2 aromatic rings. The van der Waals surface area contributed by atoms with Crippen LogP contribution in [0, 0.1) is 5.92 Å². The molecule has 23 heavy (non-hydrogen) atoms. The van der Waals surface area contributed by atoms with E-state index in [1.54, 1.807) is 11.3 Å². The van der Waals surface area contributed by atoms with E-state index in [-0.39, 0.29) is 24.1 Å². The topological polar surface area (TPSA) is 64.0 Å². The van der Waals surface area contributed by atoms with Gasteiger partial charge in [-0.05, 0) is 44.1 Å². The van der Waals surface area contributed by atoms with Crippen molar-refractivity contribution in [3.8, 4) is 0 Å². The number of carbonyl (C=O) groups excluding carboxylic acids is 1. The number of nitrogens with zero attached hydrogens (tertiary/aromatic N) is 2. The molecule has 2 atom stereocenters. The van der Waals surface area contributed by atoms with Crippen molar-refractivity contribution in [3.05, 3.63) is 27.1 Å². The lowest BCUT2D eigenvalue weighted by molar-refractivity contribution is -0.122. The van der Waals surface area contributed by atoms with Crippen molar-refractivity contribution in [1.29, 1.82) is 0 Å². The summed E-state index contributed by atoms with van der Waals surface area (Å²) in [6, 6.07) is 0.116. The van der Waals surface area contributed by atoms with Gasteiger partial charge in [0.15, 0.2) is 0 Å². The van der Waals surface area contributed by atoms with E-state index in [2.05, 4.69) is 17.2 Å². The maximum absolute atomic E-state index is 12.8. The number of fused-ring (bicyclic) bond motifs is 3. The highest BCUT2D eigenvalue weighted by Crippen LogP contribution is 2.35. The standard InChI is InChI=1S/C17H23N3O2S/c1-4-11(3)19-14(21)8-20-9-18-16-15(17(20)22)12-6-5-10(2)7-13(12)23-16/h9-11H,4-8H2,1-3H3,(H,19,21)/t10-,11+/m0/s1. The smallest absolute Gasteiger partial charge is 0.262 e. The van der Waals surface area contributed by atoms with Crippen molar-refractivity contribution < 1.29 is 4.79 Å². The fraction of sp³-hybridized carbons (Fsp3) is 0.588. The zero-order chi connectivity index (χ0) is 16.6. The van der Waals surface area contributed by atoms with Crippen molar-refractivity contribution in [2.24, 2.45) is 5.92 Å². The van der Waals surface area contributed by atoms with E-state index >= 15 is 0 Å². The van der Waals surface area contributed by atoms with E-state index < -0.39 is 0 Å². The van der Waals surface area contributed by atoms with Crippen LogP contribution in [0.4, 0.5) is 0 Å². The van der Waals surface area contributed by atoms with E-state index in [1.807, 2.05) is 13.8 Å². The first kappa shape index (κ1) is 16.2. The van der Waals surface area contributed by atoms with Gasteiger partial charge in [0, 0.05) is 10.9 Å². The molecule has 0 fully saturated rings. The first-order valence-corrected chi connectivity index (χ1v) is 9.10. The van der Waals surface area contributed by atoms with Crippen LogP contribution in [0.15, 0.2) is 11.1 Å². The minimum atomic E-state index is -0.139. The van der Waals surface area contributed by atoms with Crippen LogP contribution in [0.1, 0.15) is 44.1 Å². The molecule has 0 saturated heterocycles. The number of rotatable bonds is 4. The Labute approximate surface area is 139 Å². The van der Waals surface area contributed by atoms with Gasteiger partial charge in [0.05, 0.1) is 11.7 Å². The Balaban J connectivity index is 1.93. The number of thiophene rings is 1. The van der Waals surface area contributed by atoms with Crippen LogP contribution in [0.25, 0.3) is 10.2 Å². The lowest BCUT2D eigenvalue weighted by Crippen LogP contribution is -2.37. The molecule has 0 aliphatic heterocycles. The number of hydrogen-bond acceptors (Lipinski definition) is 4. The molecule has 6 heteroatoms. The van der Waals surface area contributed by atoms with Crippen molar-refractivity contribution in [3.63, 3.8) is 0 Å². The van der Waals surface area contributed by atoms with Gasteiger partial charge in [0.25, 0.3) is 5.56 Å². The quantitative estimate of drug-likeness (QED) is 0.935.